The molecular weight excluding hydrogens is 396 g/mol. The van der Waals surface area contributed by atoms with Crippen molar-refractivity contribution in [2.75, 3.05) is 7.11 Å². The Morgan fingerprint density at radius 1 is 0.581 bits per heavy atom. The van der Waals surface area contributed by atoms with Gasteiger partial charge in [-0.3, -0.25) is 0 Å². The number of rotatable bonds is 7. The molecule has 0 fully saturated rings. The van der Waals surface area contributed by atoms with Crippen molar-refractivity contribution in [3.63, 3.8) is 0 Å². The number of hydrogen-bond donors (Lipinski definition) is 5. The first-order valence-corrected chi connectivity index (χ1v) is 10.0. The zero-order valence-corrected chi connectivity index (χ0v) is 17.9. The second-order valence-corrected chi connectivity index (χ2v) is 7.83. The van der Waals surface area contributed by atoms with Crippen molar-refractivity contribution in [1.82, 2.24) is 0 Å². The van der Waals surface area contributed by atoms with E-state index in [1.165, 1.54) is 7.11 Å². The minimum atomic E-state index is -0.282. The van der Waals surface area contributed by atoms with Crippen LogP contribution in [0.4, 0.5) is 0 Å². The fraction of sp³-hybridized carbons (Fsp3) is 0.280. The Morgan fingerprint density at radius 2 is 0.903 bits per heavy atom. The molecule has 0 aliphatic rings. The summed E-state index contributed by atoms with van der Waals surface area (Å²) in [4.78, 5) is 0. The van der Waals surface area contributed by atoms with Crippen molar-refractivity contribution in [2.24, 2.45) is 0 Å². The highest BCUT2D eigenvalue weighted by Crippen LogP contribution is 2.36. The van der Waals surface area contributed by atoms with Crippen molar-refractivity contribution in [3.05, 3.63) is 80.9 Å². The number of ether oxygens (including phenoxy) is 1. The molecule has 31 heavy (non-hydrogen) atoms. The number of methoxy groups -OCH3 is 1. The SMILES string of the molecule is COc1cc(Cc2cc(C)cc(CO)c2O)c(O)c(Cc2cc(C)cc(CO)c2O)c1. The van der Waals surface area contributed by atoms with Crippen LogP contribution in [0.25, 0.3) is 0 Å². The van der Waals surface area contributed by atoms with Crippen molar-refractivity contribution >= 4 is 0 Å². The summed E-state index contributed by atoms with van der Waals surface area (Å²) in [6, 6.07) is 10.5. The van der Waals surface area contributed by atoms with Crippen molar-refractivity contribution in [1.29, 1.82) is 0 Å². The number of phenolic OH excluding ortho intramolecular Hbond substituents is 1. The molecule has 6 nitrogen and oxygen atoms in total. The monoisotopic (exact) mass is 424 g/mol. The summed E-state index contributed by atoms with van der Waals surface area (Å²) in [5.74, 6) is 0.576. The largest absolute Gasteiger partial charge is 0.507 e. The zero-order valence-electron chi connectivity index (χ0n) is 17.9. The van der Waals surface area contributed by atoms with Gasteiger partial charge in [0.25, 0.3) is 0 Å². The smallest absolute Gasteiger partial charge is 0.124 e. The van der Waals surface area contributed by atoms with Crippen molar-refractivity contribution < 1.29 is 30.3 Å². The van der Waals surface area contributed by atoms with Crippen LogP contribution in [-0.2, 0) is 26.1 Å². The average molecular weight is 424 g/mol. The van der Waals surface area contributed by atoms with Gasteiger partial charge in [0.2, 0.25) is 0 Å². The van der Waals surface area contributed by atoms with Gasteiger partial charge in [0, 0.05) is 35.1 Å². The molecule has 0 aliphatic carbocycles. The number of aliphatic hydroxyl groups is 2. The predicted molar refractivity (Wildman–Crippen MR) is 118 cm³/mol. The first-order chi connectivity index (χ1) is 14.8. The zero-order chi connectivity index (χ0) is 22.7. The number of aromatic hydroxyl groups is 3. The van der Waals surface area contributed by atoms with Crippen LogP contribution in [0, 0.1) is 13.8 Å². The van der Waals surface area contributed by atoms with Gasteiger partial charge in [0.1, 0.15) is 23.0 Å². The molecule has 0 aromatic heterocycles. The van der Waals surface area contributed by atoms with Crippen LogP contribution in [-0.4, -0.2) is 32.6 Å². The van der Waals surface area contributed by atoms with E-state index in [0.717, 1.165) is 11.1 Å². The molecule has 3 aromatic carbocycles. The van der Waals surface area contributed by atoms with Crippen molar-refractivity contribution in [3.8, 4) is 23.0 Å². The normalized spacial score (nSPS) is 11.0. The lowest BCUT2D eigenvalue weighted by Crippen LogP contribution is -2.00. The number of benzene rings is 3. The number of aryl methyl sites for hydroxylation is 2. The maximum atomic E-state index is 11.0. The molecule has 164 valence electrons. The summed E-state index contributed by atoms with van der Waals surface area (Å²) in [5, 5.41) is 51.0. The maximum absolute atomic E-state index is 11.0. The van der Waals surface area contributed by atoms with Crippen molar-refractivity contribution in [2.45, 2.75) is 39.9 Å². The number of phenols is 3. The third kappa shape index (κ3) is 4.76. The van der Waals surface area contributed by atoms with Gasteiger partial charge in [0.15, 0.2) is 0 Å². The van der Waals surface area contributed by atoms with Gasteiger partial charge in [-0.05, 0) is 37.1 Å². The Balaban J connectivity index is 2.05. The quantitative estimate of drug-likeness (QED) is 0.396. The summed E-state index contributed by atoms with van der Waals surface area (Å²) in [6.07, 6.45) is 0.469. The van der Waals surface area contributed by atoms with Crippen LogP contribution in [0.3, 0.4) is 0 Å². The Bertz CT molecular complexity index is 1020. The molecule has 0 spiro atoms. The second kappa shape index (κ2) is 9.29. The molecule has 0 bridgehead atoms. The number of hydrogen-bond acceptors (Lipinski definition) is 6. The second-order valence-electron chi connectivity index (χ2n) is 7.83. The summed E-state index contributed by atoms with van der Waals surface area (Å²) >= 11 is 0. The highest BCUT2D eigenvalue weighted by Gasteiger charge is 2.17. The van der Waals surface area contributed by atoms with E-state index in [2.05, 4.69) is 0 Å². The molecule has 0 atom stereocenters. The molecule has 5 N–H and O–H groups in total. The maximum Gasteiger partial charge on any atom is 0.124 e. The van der Waals surface area contributed by atoms with Gasteiger partial charge >= 0.3 is 0 Å². The lowest BCUT2D eigenvalue weighted by atomic mass is 9.93. The van der Waals surface area contributed by atoms with Gasteiger partial charge in [0.05, 0.1) is 20.3 Å². The minimum absolute atomic E-state index is 0.000728. The summed E-state index contributed by atoms with van der Waals surface area (Å²) in [5.41, 5.74) is 4.90. The molecular formula is C25H28O6. The Labute approximate surface area is 181 Å². The molecule has 3 rings (SSSR count). The first kappa shape index (κ1) is 22.5. The molecule has 0 saturated heterocycles. The Kier molecular flexibility index (Phi) is 6.73. The Morgan fingerprint density at radius 3 is 1.26 bits per heavy atom. The lowest BCUT2D eigenvalue weighted by Gasteiger charge is -2.16. The summed E-state index contributed by atoms with van der Waals surface area (Å²) < 4.78 is 5.41. The molecule has 0 aliphatic heterocycles. The fourth-order valence-electron chi connectivity index (χ4n) is 3.90. The molecule has 0 saturated carbocycles. The molecule has 0 unspecified atom stereocenters. The van der Waals surface area contributed by atoms with E-state index in [4.69, 9.17) is 4.74 Å². The van der Waals surface area contributed by atoms with E-state index in [9.17, 15) is 25.5 Å². The van der Waals surface area contributed by atoms with Gasteiger partial charge in [-0.15, -0.1) is 0 Å². The predicted octanol–water partition coefficient (Wildman–Crippen LogP) is 3.60. The topological polar surface area (TPSA) is 110 Å². The molecule has 0 amide bonds. The lowest BCUT2D eigenvalue weighted by molar-refractivity contribution is 0.274. The third-order valence-electron chi connectivity index (χ3n) is 5.40. The van der Waals surface area contributed by atoms with Crippen LogP contribution in [0.5, 0.6) is 23.0 Å². The highest BCUT2D eigenvalue weighted by molar-refractivity contribution is 5.54. The van der Waals surface area contributed by atoms with Crippen LogP contribution < -0.4 is 4.74 Å². The standard InChI is InChI=1S/C25H28O6/c1-14-4-16(24(29)20(6-14)12-26)8-18-10-22(31-3)11-19(23(18)28)9-17-5-15(2)7-21(13-27)25(17)30/h4-7,10-11,26-30H,8-9,12-13H2,1-3H3. The van der Waals surface area contributed by atoms with E-state index >= 15 is 0 Å². The van der Waals surface area contributed by atoms with Crippen LogP contribution in [0.2, 0.25) is 0 Å². The Hall–Kier alpha value is -3.22. The highest BCUT2D eigenvalue weighted by atomic mass is 16.5. The van der Waals surface area contributed by atoms with Gasteiger partial charge in [-0.1, -0.05) is 35.4 Å². The molecule has 6 heteroatoms. The van der Waals surface area contributed by atoms with Gasteiger partial charge in [-0.2, -0.15) is 0 Å². The van der Waals surface area contributed by atoms with Gasteiger partial charge in [-0.25, -0.2) is 0 Å². The minimum Gasteiger partial charge on any atom is -0.507 e. The third-order valence-corrected chi connectivity index (χ3v) is 5.40. The van der Waals surface area contributed by atoms with E-state index in [-0.39, 0.29) is 43.3 Å². The van der Waals surface area contributed by atoms with Gasteiger partial charge < -0.3 is 30.3 Å². The van der Waals surface area contributed by atoms with E-state index < -0.39 is 0 Å². The van der Waals surface area contributed by atoms with Crippen LogP contribution in [0.1, 0.15) is 44.5 Å². The van der Waals surface area contributed by atoms with E-state index in [1.807, 2.05) is 26.0 Å². The van der Waals surface area contributed by atoms with Crippen LogP contribution >= 0.6 is 0 Å². The number of aliphatic hydroxyl groups excluding tert-OH is 2. The molecule has 0 heterocycles. The summed E-state index contributed by atoms with van der Waals surface area (Å²) in [7, 11) is 1.53. The first-order valence-electron chi connectivity index (χ1n) is 10.0. The summed E-state index contributed by atoms with van der Waals surface area (Å²) in [6.45, 7) is 3.18. The fourth-order valence-corrected chi connectivity index (χ4v) is 3.90. The molecule has 0 radical (unpaired) electrons. The van der Waals surface area contributed by atoms with E-state index in [0.29, 0.717) is 39.1 Å². The van der Waals surface area contributed by atoms with E-state index in [1.54, 1.807) is 24.3 Å². The molecule has 3 aromatic rings. The van der Waals surface area contributed by atoms with Crippen LogP contribution in [0.15, 0.2) is 36.4 Å². The average Bonchev–Trinajstić information content (AvgIpc) is 2.75.